The zero-order valence-corrected chi connectivity index (χ0v) is 12.6. The molecule has 1 atom stereocenters. The first-order chi connectivity index (χ1) is 10.8. The molecule has 0 spiro atoms. The Kier molecular flexibility index (Phi) is 4.37. The average molecular weight is 298 g/mol. The van der Waals surface area contributed by atoms with Crippen LogP contribution in [0, 0.1) is 5.82 Å². The first-order valence-corrected chi connectivity index (χ1v) is 7.53. The third-order valence-corrected chi connectivity index (χ3v) is 3.85. The Labute approximate surface area is 129 Å². The summed E-state index contributed by atoms with van der Waals surface area (Å²) in [7, 11) is 0. The number of nitrogens with one attached hydrogen (secondary N) is 1. The van der Waals surface area contributed by atoms with Crippen LogP contribution in [0.25, 0.3) is 0 Å². The van der Waals surface area contributed by atoms with Gasteiger partial charge in [-0.2, -0.15) is 0 Å². The summed E-state index contributed by atoms with van der Waals surface area (Å²) in [5, 5.41) is 4.27. The van der Waals surface area contributed by atoms with Gasteiger partial charge in [-0.1, -0.05) is 43.3 Å². The molecule has 1 N–H and O–H groups in total. The quantitative estimate of drug-likeness (QED) is 0.927. The van der Waals surface area contributed by atoms with Crippen molar-refractivity contribution in [2.45, 2.75) is 32.4 Å². The number of rotatable bonds is 4. The molecule has 0 aliphatic carbocycles. The maximum atomic E-state index is 12.9. The van der Waals surface area contributed by atoms with Crippen LogP contribution in [0.15, 0.2) is 53.6 Å². The fourth-order valence-corrected chi connectivity index (χ4v) is 2.63. The number of hydrazone groups is 1. The van der Waals surface area contributed by atoms with E-state index in [1.807, 2.05) is 6.07 Å². The number of ether oxygens (including phenoxy) is 1. The van der Waals surface area contributed by atoms with E-state index in [0.29, 0.717) is 12.5 Å². The van der Waals surface area contributed by atoms with Crippen LogP contribution in [0.3, 0.4) is 0 Å². The molecular weight excluding hydrogens is 279 g/mol. The summed E-state index contributed by atoms with van der Waals surface area (Å²) in [4.78, 5) is 0. The van der Waals surface area contributed by atoms with Crippen LogP contribution in [0.5, 0.6) is 0 Å². The van der Waals surface area contributed by atoms with Crippen molar-refractivity contribution in [3.63, 3.8) is 0 Å². The summed E-state index contributed by atoms with van der Waals surface area (Å²) in [6.45, 7) is 2.56. The van der Waals surface area contributed by atoms with Gasteiger partial charge in [-0.15, -0.1) is 5.10 Å². The van der Waals surface area contributed by atoms with E-state index < -0.39 is 0 Å². The standard InChI is InChI=1S/C18H19FN2O/c1-2-14-5-3-4-6-16(14)17-11-18(21-20-17)22-12-13-7-9-15(19)10-8-13/h3-10,17,20H,2,11-12H2,1H3. The third kappa shape index (κ3) is 3.27. The number of benzene rings is 2. The van der Waals surface area contributed by atoms with E-state index in [9.17, 15) is 4.39 Å². The van der Waals surface area contributed by atoms with E-state index in [2.05, 4.69) is 35.7 Å². The fraction of sp³-hybridized carbons (Fsp3) is 0.278. The van der Waals surface area contributed by atoms with Crippen LogP contribution in [0.2, 0.25) is 0 Å². The van der Waals surface area contributed by atoms with Crippen molar-refractivity contribution in [3.05, 3.63) is 71.0 Å². The Morgan fingerprint density at radius 2 is 1.95 bits per heavy atom. The van der Waals surface area contributed by atoms with Crippen LogP contribution >= 0.6 is 0 Å². The highest BCUT2D eigenvalue weighted by molar-refractivity contribution is 5.78. The van der Waals surface area contributed by atoms with Crippen molar-refractivity contribution in [1.29, 1.82) is 0 Å². The largest absolute Gasteiger partial charge is 0.475 e. The molecule has 1 aliphatic rings. The zero-order chi connectivity index (χ0) is 15.4. The molecule has 1 heterocycles. The molecule has 2 aromatic carbocycles. The number of hydrogen-bond acceptors (Lipinski definition) is 3. The Hall–Kier alpha value is -2.36. The predicted octanol–water partition coefficient (Wildman–Crippen LogP) is 3.95. The lowest BCUT2D eigenvalue weighted by Crippen LogP contribution is -2.12. The second kappa shape index (κ2) is 6.60. The Bertz CT molecular complexity index is 667. The monoisotopic (exact) mass is 298 g/mol. The van der Waals surface area contributed by atoms with Crippen LogP contribution < -0.4 is 5.43 Å². The topological polar surface area (TPSA) is 33.6 Å². The maximum Gasteiger partial charge on any atom is 0.208 e. The zero-order valence-electron chi connectivity index (χ0n) is 12.6. The van der Waals surface area contributed by atoms with Crippen LogP contribution in [-0.2, 0) is 17.8 Å². The van der Waals surface area contributed by atoms with E-state index >= 15 is 0 Å². The molecule has 22 heavy (non-hydrogen) atoms. The van der Waals surface area contributed by atoms with Crippen LogP contribution in [0.4, 0.5) is 4.39 Å². The maximum absolute atomic E-state index is 12.9. The molecule has 3 rings (SSSR count). The second-order valence-electron chi connectivity index (χ2n) is 5.36. The van der Waals surface area contributed by atoms with Crippen molar-refractivity contribution in [2.75, 3.05) is 0 Å². The van der Waals surface area contributed by atoms with Crippen LogP contribution in [0.1, 0.15) is 36.1 Å². The van der Waals surface area contributed by atoms with Gasteiger partial charge in [0.05, 0.1) is 12.5 Å². The molecule has 114 valence electrons. The minimum absolute atomic E-state index is 0.166. The van der Waals surface area contributed by atoms with Gasteiger partial charge in [0, 0.05) is 0 Å². The van der Waals surface area contributed by atoms with Gasteiger partial charge in [0.1, 0.15) is 12.4 Å². The lowest BCUT2D eigenvalue weighted by Gasteiger charge is -2.14. The van der Waals surface area contributed by atoms with Gasteiger partial charge < -0.3 is 4.74 Å². The van der Waals surface area contributed by atoms with Crippen molar-refractivity contribution in [2.24, 2.45) is 5.10 Å². The SMILES string of the molecule is CCc1ccccc1C1CC(OCc2ccc(F)cc2)=NN1. The summed E-state index contributed by atoms with van der Waals surface area (Å²) in [6.07, 6.45) is 1.73. The van der Waals surface area contributed by atoms with Crippen molar-refractivity contribution >= 4 is 5.90 Å². The highest BCUT2D eigenvalue weighted by atomic mass is 19.1. The molecule has 2 aromatic rings. The molecule has 1 aliphatic heterocycles. The molecule has 3 nitrogen and oxygen atoms in total. The summed E-state index contributed by atoms with van der Waals surface area (Å²) in [5.74, 6) is 0.458. The van der Waals surface area contributed by atoms with E-state index in [0.717, 1.165) is 18.4 Å². The molecule has 0 saturated heterocycles. The second-order valence-corrected chi connectivity index (χ2v) is 5.36. The number of hydrogen-bond donors (Lipinski definition) is 1. The van der Waals surface area contributed by atoms with Gasteiger partial charge in [0.15, 0.2) is 0 Å². The minimum Gasteiger partial charge on any atom is -0.475 e. The van der Waals surface area contributed by atoms with E-state index in [4.69, 9.17) is 4.74 Å². The Morgan fingerprint density at radius 1 is 1.18 bits per heavy atom. The van der Waals surface area contributed by atoms with Gasteiger partial charge in [-0.3, -0.25) is 5.43 Å². The fourth-order valence-electron chi connectivity index (χ4n) is 2.63. The van der Waals surface area contributed by atoms with E-state index in [1.165, 1.54) is 23.3 Å². The van der Waals surface area contributed by atoms with Gasteiger partial charge in [-0.25, -0.2) is 4.39 Å². The minimum atomic E-state index is -0.236. The van der Waals surface area contributed by atoms with E-state index in [-0.39, 0.29) is 11.9 Å². The van der Waals surface area contributed by atoms with Crippen molar-refractivity contribution in [1.82, 2.24) is 5.43 Å². The number of aryl methyl sites for hydroxylation is 1. The normalized spacial score (nSPS) is 17.0. The number of halogens is 1. The van der Waals surface area contributed by atoms with Gasteiger partial charge in [0.25, 0.3) is 0 Å². The highest BCUT2D eigenvalue weighted by Gasteiger charge is 2.22. The summed E-state index contributed by atoms with van der Waals surface area (Å²) >= 11 is 0. The van der Waals surface area contributed by atoms with Gasteiger partial charge in [-0.05, 0) is 35.2 Å². The first-order valence-electron chi connectivity index (χ1n) is 7.53. The lowest BCUT2D eigenvalue weighted by atomic mass is 9.97. The Morgan fingerprint density at radius 3 is 2.73 bits per heavy atom. The van der Waals surface area contributed by atoms with Gasteiger partial charge >= 0.3 is 0 Å². The molecule has 0 bridgehead atoms. The number of nitrogens with zero attached hydrogens (tertiary/aromatic N) is 1. The lowest BCUT2D eigenvalue weighted by molar-refractivity contribution is 0.285. The molecule has 0 saturated carbocycles. The average Bonchev–Trinajstić information content (AvgIpc) is 3.03. The molecule has 1 unspecified atom stereocenters. The molecular formula is C18H19FN2O. The van der Waals surface area contributed by atoms with Gasteiger partial charge in [0.2, 0.25) is 5.90 Å². The Balaban J connectivity index is 1.59. The highest BCUT2D eigenvalue weighted by Crippen LogP contribution is 2.25. The van der Waals surface area contributed by atoms with E-state index in [1.54, 1.807) is 12.1 Å². The summed E-state index contributed by atoms with van der Waals surface area (Å²) in [6, 6.07) is 14.9. The summed E-state index contributed by atoms with van der Waals surface area (Å²) < 4.78 is 18.6. The molecule has 0 aromatic heterocycles. The van der Waals surface area contributed by atoms with Crippen LogP contribution in [-0.4, -0.2) is 5.90 Å². The molecule has 0 amide bonds. The third-order valence-electron chi connectivity index (χ3n) is 3.85. The molecule has 0 radical (unpaired) electrons. The first kappa shape index (κ1) is 14.6. The smallest absolute Gasteiger partial charge is 0.208 e. The summed E-state index contributed by atoms with van der Waals surface area (Å²) in [5.41, 5.74) is 6.68. The molecule has 4 heteroatoms. The molecule has 0 fully saturated rings. The van der Waals surface area contributed by atoms with Crippen molar-refractivity contribution < 1.29 is 9.13 Å². The van der Waals surface area contributed by atoms with Crippen molar-refractivity contribution in [3.8, 4) is 0 Å². The predicted molar refractivity (Wildman–Crippen MR) is 84.9 cm³/mol.